The Morgan fingerprint density at radius 3 is 3.07 bits per heavy atom. The van der Waals surface area contributed by atoms with Gasteiger partial charge < -0.3 is 10.4 Å². The zero-order valence-corrected chi connectivity index (χ0v) is 9.15. The Balaban J connectivity index is 2.04. The molecular formula is C11H17NOS. The van der Waals surface area contributed by atoms with Gasteiger partial charge in [0.25, 0.3) is 0 Å². The van der Waals surface area contributed by atoms with Gasteiger partial charge in [0.15, 0.2) is 0 Å². The number of piperidine rings is 1. The topological polar surface area (TPSA) is 32.3 Å². The number of rotatable bonds is 3. The largest absolute Gasteiger partial charge is 0.396 e. The van der Waals surface area contributed by atoms with Gasteiger partial charge in [-0.25, -0.2) is 0 Å². The molecular weight excluding hydrogens is 194 g/mol. The Bertz CT molecular complexity index is 265. The summed E-state index contributed by atoms with van der Waals surface area (Å²) >= 11 is 1.74. The molecule has 1 aliphatic heterocycles. The van der Waals surface area contributed by atoms with Gasteiger partial charge in [-0.05, 0) is 48.2 Å². The minimum absolute atomic E-state index is 0.0966. The SMILES string of the molecule is OCC1(Cc2ccsc2)CCCNC1. The normalized spacial score (nSPS) is 27.8. The van der Waals surface area contributed by atoms with Crippen molar-refractivity contribution in [2.75, 3.05) is 19.7 Å². The molecule has 1 unspecified atom stereocenters. The molecule has 1 aromatic rings. The summed E-state index contributed by atoms with van der Waals surface area (Å²) in [5.74, 6) is 0. The lowest BCUT2D eigenvalue weighted by molar-refractivity contribution is 0.0949. The molecule has 1 saturated heterocycles. The molecule has 2 N–H and O–H groups in total. The van der Waals surface area contributed by atoms with Gasteiger partial charge >= 0.3 is 0 Å². The molecule has 3 heteroatoms. The van der Waals surface area contributed by atoms with Crippen molar-refractivity contribution in [2.24, 2.45) is 5.41 Å². The van der Waals surface area contributed by atoms with Crippen LogP contribution in [0.1, 0.15) is 18.4 Å². The highest BCUT2D eigenvalue weighted by atomic mass is 32.1. The summed E-state index contributed by atoms with van der Waals surface area (Å²) in [6.07, 6.45) is 3.34. The summed E-state index contributed by atoms with van der Waals surface area (Å²) in [7, 11) is 0. The van der Waals surface area contributed by atoms with E-state index < -0.39 is 0 Å². The minimum atomic E-state index is 0.0966. The average molecular weight is 211 g/mol. The molecule has 2 rings (SSSR count). The summed E-state index contributed by atoms with van der Waals surface area (Å²) in [4.78, 5) is 0. The fourth-order valence-corrected chi connectivity index (χ4v) is 2.87. The Kier molecular flexibility index (Phi) is 3.21. The first kappa shape index (κ1) is 10.1. The quantitative estimate of drug-likeness (QED) is 0.797. The standard InChI is InChI=1S/C11H17NOS/c13-9-11(3-1-4-12-8-11)6-10-2-5-14-7-10/h2,5,7,12-13H,1,3-4,6,8-9H2. The van der Waals surface area contributed by atoms with Crippen molar-refractivity contribution in [3.63, 3.8) is 0 Å². The molecule has 2 nitrogen and oxygen atoms in total. The van der Waals surface area contributed by atoms with Gasteiger partial charge in [0.1, 0.15) is 0 Å². The summed E-state index contributed by atoms with van der Waals surface area (Å²) in [6.45, 7) is 2.36. The smallest absolute Gasteiger partial charge is 0.0502 e. The Hall–Kier alpha value is -0.380. The zero-order chi connectivity index (χ0) is 9.86. The Labute approximate surface area is 89.0 Å². The van der Waals surface area contributed by atoms with Gasteiger partial charge in [-0.2, -0.15) is 11.3 Å². The van der Waals surface area contributed by atoms with E-state index in [0.29, 0.717) is 6.61 Å². The zero-order valence-electron chi connectivity index (χ0n) is 8.33. The molecule has 1 fully saturated rings. The van der Waals surface area contributed by atoms with Crippen molar-refractivity contribution < 1.29 is 5.11 Å². The van der Waals surface area contributed by atoms with E-state index in [-0.39, 0.29) is 5.41 Å². The van der Waals surface area contributed by atoms with Gasteiger partial charge in [0.05, 0.1) is 6.61 Å². The van der Waals surface area contributed by atoms with Crippen LogP contribution in [-0.4, -0.2) is 24.8 Å². The molecule has 78 valence electrons. The molecule has 0 saturated carbocycles. The van der Waals surface area contributed by atoms with Gasteiger partial charge in [0.2, 0.25) is 0 Å². The molecule has 14 heavy (non-hydrogen) atoms. The van der Waals surface area contributed by atoms with E-state index in [4.69, 9.17) is 0 Å². The second kappa shape index (κ2) is 4.43. The highest BCUT2D eigenvalue weighted by molar-refractivity contribution is 7.07. The minimum Gasteiger partial charge on any atom is -0.396 e. The summed E-state index contributed by atoms with van der Waals surface area (Å²) < 4.78 is 0. The highest BCUT2D eigenvalue weighted by Gasteiger charge is 2.31. The third-order valence-corrected chi connectivity index (χ3v) is 3.79. The molecule has 1 atom stereocenters. The van der Waals surface area contributed by atoms with Crippen LogP contribution >= 0.6 is 11.3 Å². The molecule has 0 aliphatic carbocycles. The number of nitrogens with one attached hydrogen (secondary N) is 1. The van der Waals surface area contributed by atoms with Crippen LogP contribution in [0, 0.1) is 5.41 Å². The van der Waals surface area contributed by atoms with Gasteiger partial charge in [0, 0.05) is 12.0 Å². The molecule has 0 bridgehead atoms. The second-order valence-corrected chi connectivity index (χ2v) is 5.03. The molecule has 1 aliphatic rings. The van der Waals surface area contributed by atoms with Crippen LogP contribution in [0.25, 0.3) is 0 Å². The molecule has 1 aromatic heterocycles. The van der Waals surface area contributed by atoms with Crippen LogP contribution in [0.3, 0.4) is 0 Å². The van der Waals surface area contributed by atoms with E-state index in [1.807, 2.05) is 0 Å². The molecule has 0 aromatic carbocycles. The third kappa shape index (κ3) is 2.16. The molecule has 2 heterocycles. The van der Waals surface area contributed by atoms with E-state index >= 15 is 0 Å². The fourth-order valence-electron chi connectivity index (χ4n) is 2.20. The van der Waals surface area contributed by atoms with Crippen molar-refractivity contribution >= 4 is 11.3 Å². The summed E-state index contributed by atoms with van der Waals surface area (Å²) in [5, 5.41) is 17.2. The van der Waals surface area contributed by atoms with Crippen LogP contribution in [0.4, 0.5) is 0 Å². The first-order valence-corrected chi connectivity index (χ1v) is 6.12. The van der Waals surface area contributed by atoms with E-state index in [1.165, 1.54) is 12.0 Å². The highest BCUT2D eigenvalue weighted by Crippen LogP contribution is 2.30. The number of aliphatic hydroxyl groups is 1. The summed E-state index contributed by atoms with van der Waals surface area (Å²) in [5.41, 5.74) is 1.46. The molecule has 0 amide bonds. The second-order valence-electron chi connectivity index (χ2n) is 4.25. The van der Waals surface area contributed by atoms with Crippen LogP contribution in [0.5, 0.6) is 0 Å². The lowest BCUT2D eigenvalue weighted by Crippen LogP contribution is -2.43. The van der Waals surface area contributed by atoms with Crippen molar-refractivity contribution in [3.8, 4) is 0 Å². The lowest BCUT2D eigenvalue weighted by Gasteiger charge is -2.36. The van der Waals surface area contributed by atoms with E-state index in [0.717, 1.165) is 25.9 Å². The van der Waals surface area contributed by atoms with Crippen molar-refractivity contribution in [1.29, 1.82) is 0 Å². The maximum atomic E-state index is 9.50. The van der Waals surface area contributed by atoms with Crippen molar-refractivity contribution in [3.05, 3.63) is 22.4 Å². The van der Waals surface area contributed by atoms with Gasteiger partial charge in [-0.3, -0.25) is 0 Å². The summed E-state index contributed by atoms with van der Waals surface area (Å²) in [6, 6.07) is 2.16. The van der Waals surface area contributed by atoms with Crippen molar-refractivity contribution in [1.82, 2.24) is 5.32 Å². The number of hydrogen-bond acceptors (Lipinski definition) is 3. The maximum Gasteiger partial charge on any atom is 0.0502 e. The predicted octanol–water partition coefficient (Wildman–Crippen LogP) is 1.65. The Morgan fingerprint density at radius 2 is 2.50 bits per heavy atom. The van der Waals surface area contributed by atoms with Gasteiger partial charge in [-0.15, -0.1) is 0 Å². The van der Waals surface area contributed by atoms with Crippen LogP contribution < -0.4 is 5.32 Å². The van der Waals surface area contributed by atoms with Crippen LogP contribution in [0.2, 0.25) is 0 Å². The van der Waals surface area contributed by atoms with E-state index in [2.05, 4.69) is 22.1 Å². The monoisotopic (exact) mass is 211 g/mol. The number of thiophene rings is 1. The van der Waals surface area contributed by atoms with Gasteiger partial charge in [-0.1, -0.05) is 0 Å². The average Bonchev–Trinajstić information content (AvgIpc) is 2.72. The lowest BCUT2D eigenvalue weighted by atomic mass is 9.77. The maximum absolute atomic E-state index is 9.50. The molecule has 0 spiro atoms. The van der Waals surface area contributed by atoms with Crippen molar-refractivity contribution in [2.45, 2.75) is 19.3 Å². The fraction of sp³-hybridized carbons (Fsp3) is 0.636. The van der Waals surface area contributed by atoms with Crippen LogP contribution in [0.15, 0.2) is 16.8 Å². The number of aliphatic hydroxyl groups excluding tert-OH is 1. The van der Waals surface area contributed by atoms with E-state index in [9.17, 15) is 5.11 Å². The Morgan fingerprint density at radius 1 is 1.57 bits per heavy atom. The predicted molar refractivity (Wildman–Crippen MR) is 59.6 cm³/mol. The third-order valence-electron chi connectivity index (χ3n) is 3.06. The first-order valence-electron chi connectivity index (χ1n) is 5.17. The van der Waals surface area contributed by atoms with Crippen LogP contribution in [-0.2, 0) is 6.42 Å². The number of hydrogen-bond donors (Lipinski definition) is 2. The first-order chi connectivity index (χ1) is 6.85. The molecule has 0 radical (unpaired) electrons. The van der Waals surface area contributed by atoms with E-state index in [1.54, 1.807) is 11.3 Å².